The number of hydrogen-bond acceptors (Lipinski definition) is 6. The Balaban J connectivity index is 2.07. The zero-order valence-corrected chi connectivity index (χ0v) is 14.6. The van der Waals surface area contributed by atoms with Crippen LogP contribution >= 0.6 is 22.9 Å². The van der Waals surface area contributed by atoms with Gasteiger partial charge in [0.05, 0.1) is 30.4 Å². The Morgan fingerprint density at radius 2 is 2.17 bits per heavy atom. The summed E-state index contributed by atoms with van der Waals surface area (Å²) in [4.78, 5) is 15.9. The first-order valence-corrected chi connectivity index (χ1v) is 8.41. The van der Waals surface area contributed by atoms with Crippen molar-refractivity contribution in [2.75, 3.05) is 26.9 Å². The molecule has 0 amide bonds. The number of carbonyl (C=O) groups excluding carboxylic acids is 1. The normalized spacial score (nSPS) is 10.6. The van der Waals surface area contributed by atoms with Gasteiger partial charge < -0.3 is 14.2 Å². The van der Waals surface area contributed by atoms with Crippen molar-refractivity contribution in [2.24, 2.45) is 0 Å². The predicted octanol–water partition coefficient (Wildman–Crippen LogP) is 3.59. The molecule has 1 heterocycles. The largest absolute Gasteiger partial charge is 0.491 e. The van der Waals surface area contributed by atoms with E-state index in [1.165, 1.54) is 11.3 Å². The Kier molecular flexibility index (Phi) is 6.83. The number of ether oxygens (including phenoxy) is 3. The summed E-state index contributed by atoms with van der Waals surface area (Å²) in [7, 11) is 1.62. The average Bonchev–Trinajstić information content (AvgIpc) is 2.96. The second kappa shape index (κ2) is 8.86. The summed E-state index contributed by atoms with van der Waals surface area (Å²) in [5, 5.41) is 3.15. The number of esters is 1. The van der Waals surface area contributed by atoms with Crippen molar-refractivity contribution in [1.82, 2.24) is 4.98 Å². The van der Waals surface area contributed by atoms with E-state index in [9.17, 15) is 4.79 Å². The molecule has 0 saturated heterocycles. The quantitative estimate of drug-likeness (QED) is 0.535. The minimum atomic E-state index is -0.280. The number of aromatic nitrogens is 1. The zero-order chi connectivity index (χ0) is 16.7. The number of benzene rings is 1. The van der Waals surface area contributed by atoms with E-state index in [4.69, 9.17) is 25.8 Å². The van der Waals surface area contributed by atoms with E-state index in [1.807, 2.05) is 17.5 Å². The van der Waals surface area contributed by atoms with Gasteiger partial charge in [-0.05, 0) is 25.1 Å². The van der Waals surface area contributed by atoms with Gasteiger partial charge in [-0.15, -0.1) is 11.3 Å². The molecule has 0 spiro atoms. The molecule has 0 atom stereocenters. The van der Waals surface area contributed by atoms with Gasteiger partial charge in [0.1, 0.15) is 17.4 Å². The van der Waals surface area contributed by atoms with E-state index < -0.39 is 0 Å². The Hall–Kier alpha value is -1.63. The lowest BCUT2D eigenvalue weighted by Crippen LogP contribution is -2.07. The summed E-state index contributed by atoms with van der Waals surface area (Å²) >= 11 is 7.75. The van der Waals surface area contributed by atoms with Crippen LogP contribution in [0.3, 0.4) is 0 Å². The van der Waals surface area contributed by atoms with Crippen LogP contribution in [0.4, 0.5) is 0 Å². The van der Waals surface area contributed by atoms with Crippen molar-refractivity contribution in [3.63, 3.8) is 0 Å². The van der Waals surface area contributed by atoms with Crippen molar-refractivity contribution < 1.29 is 19.0 Å². The molecule has 0 bridgehead atoms. The highest BCUT2D eigenvalue weighted by Gasteiger charge is 2.12. The molecular weight excluding hydrogens is 338 g/mol. The molecule has 0 aliphatic heterocycles. The maximum atomic E-state index is 11.5. The third-order valence-corrected chi connectivity index (χ3v) is 4.15. The van der Waals surface area contributed by atoms with Gasteiger partial charge in [0.25, 0.3) is 0 Å². The fourth-order valence-electron chi connectivity index (χ4n) is 1.87. The molecule has 2 aromatic rings. The Bertz CT molecular complexity index is 659. The number of nitrogens with zero attached hydrogens (tertiary/aromatic N) is 1. The number of carbonyl (C=O) groups is 1. The molecule has 0 aliphatic carbocycles. The van der Waals surface area contributed by atoms with Gasteiger partial charge >= 0.3 is 5.97 Å². The van der Waals surface area contributed by atoms with Crippen molar-refractivity contribution in [1.29, 1.82) is 0 Å². The molecule has 0 N–H and O–H groups in total. The van der Waals surface area contributed by atoms with E-state index in [-0.39, 0.29) is 12.4 Å². The smallest absolute Gasteiger partial charge is 0.311 e. The lowest BCUT2D eigenvalue weighted by molar-refractivity contribution is -0.142. The second-order valence-electron chi connectivity index (χ2n) is 4.61. The molecule has 23 heavy (non-hydrogen) atoms. The molecule has 1 aromatic carbocycles. The van der Waals surface area contributed by atoms with Crippen LogP contribution in [-0.2, 0) is 20.7 Å². The molecule has 0 saturated carbocycles. The van der Waals surface area contributed by atoms with Gasteiger partial charge in [0.15, 0.2) is 0 Å². The third kappa shape index (κ3) is 5.20. The van der Waals surface area contributed by atoms with E-state index in [0.717, 1.165) is 10.6 Å². The molecule has 0 aliphatic rings. The Morgan fingerprint density at radius 1 is 1.35 bits per heavy atom. The summed E-state index contributed by atoms with van der Waals surface area (Å²) in [5.74, 6) is 0.399. The van der Waals surface area contributed by atoms with E-state index in [0.29, 0.717) is 36.3 Å². The van der Waals surface area contributed by atoms with Gasteiger partial charge in [-0.1, -0.05) is 11.6 Å². The van der Waals surface area contributed by atoms with Crippen LogP contribution in [0.1, 0.15) is 12.6 Å². The summed E-state index contributed by atoms with van der Waals surface area (Å²) in [6.07, 6.45) is 0.167. The van der Waals surface area contributed by atoms with Crippen LogP contribution < -0.4 is 4.74 Å². The lowest BCUT2D eigenvalue weighted by atomic mass is 10.2. The Labute approximate surface area is 144 Å². The summed E-state index contributed by atoms with van der Waals surface area (Å²) < 4.78 is 15.4. The maximum absolute atomic E-state index is 11.5. The Morgan fingerprint density at radius 3 is 2.87 bits per heavy atom. The van der Waals surface area contributed by atoms with Crippen molar-refractivity contribution >= 4 is 28.9 Å². The number of rotatable bonds is 8. The van der Waals surface area contributed by atoms with E-state index in [2.05, 4.69) is 4.98 Å². The molecule has 0 unspecified atom stereocenters. The summed E-state index contributed by atoms with van der Waals surface area (Å²) in [6.45, 7) is 3.13. The number of thiazole rings is 1. The first-order chi connectivity index (χ1) is 11.1. The van der Waals surface area contributed by atoms with E-state index in [1.54, 1.807) is 20.1 Å². The van der Waals surface area contributed by atoms with Gasteiger partial charge in [-0.2, -0.15) is 0 Å². The number of halogens is 1. The van der Waals surface area contributed by atoms with Gasteiger partial charge in [0.2, 0.25) is 0 Å². The molecule has 0 radical (unpaired) electrons. The highest BCUT2D eigenvalue weighted by atomic mass is 35.5. The van der Waals surface area contributed by atoms with Gasteiger partial charge in [0, 0.05) is 18.1 Å². The van der Waals surface area contributed by atoms with Crippen molar-refractivity contribution in [3.05, 3.63) is 34.3 Å². The molecule has 2 rings (SSSR count). The SMILES string of the molecule is CCOC(=O)Cc1csc(-c2ccc(OCCOC)cc2Cl)n1. The topological polar surface area (TPSA) is 57.7 Å². The van der Waals surface area contributed by atoms with Gasteiger partial charge in [-0.25, -0.2) is 4.98 Å². The summed E-state index contributed by atoms with van der Waals surface area (Å²) in [5.41, 5.74) is 1.49. The minimum absolute atomic E-state index is 0.167. The fourth-order valence-corrected chi connectivity index (χ4v) is 3.05. The highest BCUT2D eigenvalue weighted by Crippen LogP contribution is 2.33. The van der Waals surface area contributed by atoms with Crippen molar-refractivity contribution in [3.8, 4) is 16.3 Å². The standard InChI is InChI=1S/C16H18ClNO4S/c1-3-21-15(19)8-11-10-23-16(18-11)13-5-4-12(9-14(13)17)22-7-6-20-2/h4-5,9-10H,3,6-8H2,1-2H3. The molecule has 5 nitrogen and oxygen atoms in total. The monoisotopic (exact) mass is 355 g/mol. The van der Waals surface area contributed by atoms with Crippen LogP contribution in [-0.4, -0.2) is 37.9 Å². The van der Waals surface area contributed by atoms with Crippen LogP contribution in [0.15, 0.2) is 23.6 Å². The first-order valence-electron chi connectivity index (χ1n) is 7.15. The van der Waals surface area contributed by atoms with Crippen molar-refractivity contribution in [2.45, 2.75) is 13.3 Å². The average molecular weight is 356 g/mol. The highest BCUT2D eigenvalue weighted by molar-refractivity contribution is 7.13. The maximum Gasteiger partial charge on any atom is 0.311 e. The minimum Gasteiger partial charge on any atom is -0.491 e. The second-order valence-corrected chi connectivity index (χ2v) is 5.87. The molecule has 7 heteroatoms. The number of methoxy groups -OCH3 is 1. The van der Waals surface area contributed by atoms with E-state index >= 15 is 0 Å². The first kappa shape index (κ1) is 17.7. The molecular formula is C16H18ClNO4S. The zero-order valence-electron chi connectivity index (χ0n) is 13.0. The van der Waals surface area contributed by atoms with Gasteiger partial charge in [-0.3, -0.25) is 4.79 Å². The number of hydrogen-bond donors (Lipinski definition) is 0. The summed E-state index contributed by atoms with van der Waals surface area (Å²) in [6, 6.07) is 5.44. The predicted molar refractivity (Wildman–Crippen MR) is 90.3 cm³/mol. The lowest BCUT2D eigenvalue weighted by Gasteiger charge is -2.07. The fraction of sp³-hybridized carbons (Fsp3) is 0.375. The van der Waals surface area contributed by atoms with Crippen LogP contribution in [0, 0.1) is 0 Å². The molecule has 0 fully saturated rings. The molecule has 124 valence electrons. The molecule has 1 aromatic heterocycles. The van der Waals surface area contributed by atoms with Crippen LogP contribution in [0.25, 0.3) is 10.6 Å². The van der Waals surface area contributed by atoms with Crippen LogP contribution in [0.5, 0.6) is 5.75 Å². The third-order valence-electron chi connectivity index (χ3n) is 2.91. The van der Waals surface area contributed by atoms with Crippen LogP contribution in [0.2, 0.25) is 5.02 Å².